The highest BCUT2D eigenvalue weighted by Gasteiger charge is 2.22. The van der Waals surface area contributed by atoms with Crippen molar-refractivity contribution in [2.24, 2.45) is 0 Å². The van der Waals surface area contributed by atoms with Crippen LogP contribution in [0.5, 0.6) is 0 Å². The van der Waals surface area contributed by atoms with Crippen LogP contribution in [0, 0.1) is 0 Å². The second kappa shape index (κ2) is 4.18. The third kappa shape index (κ3) is 3.06. The van der Waals surface area contributed by atoms with E-state index in [1.807, 2.05) is 0 Å². The van der Waals surface area contributed by atoms with E-state index in [2.05, 4.69) is 5.32 Å². The van der Waals surface area contributed by atoms with Crippen molar-refractivity contribution in [1.82, 2.24) is 5.32 Å². The number of nitrogens with one attached hydrogen (secondary N) is 1. The number of hydrogen-bond acceptors (Lipinski definition) is 3. The Bertz CT molecular complexity index is 214. The van der Waals surface area contributed by atoms with Gasteiger partial charge in [0.15, 0.2) is 0 Å². The summed E-state index contributed by atoms with van der Waals surface area (Å²) >= 11 is 0. The van der Waals surface area contributed by atoms with Gasteiger partial charge in [0.25, 0.3) is 0 Å². The van der Waals surface area contributed by atoms with E-state index in [1.165, 1.54) is 0 Å². The van der Waals surface area contributed by atoms with Crippen LogP contribution >= 0.6 is 0 Å². The minimum atomic E-state index is -2.77. The summed E-state index contributed by atoms with van der Waals surface area (Å²) < 4.78 is 33.7. The lowest BCUT2D eigenvalue weighted by atomic mass is 10.1. The van der Waals surface area contributed by atoms with Crippen LogP contribution in [0.4, 0.5) is 4.39 Å². The van der Waals surface area contributed by atoms with Crippen LogP contribution in [0.3, 0.4) is 0 Å². The lowest BCUT2D eigenvalue weighted by Gasteiger charge is -2.22. The maximum Gasteiger partial charge on any atom is 0.150 e. The fourth-order valence-electron chi connectivity index (χ4n) is 1.35. The molecule has 1 N–H and O–H groups in total. The van der Waals surface area contributed by atoms with Gasteiger partial charge < -0.3 is 5.32 Å². The molecule has 1 heterocycles. The first-order valence-corrected chi connectivity index (χ1v) is 5.96. The van der Waals surface area contributed by atoms with Gasteiger partial charge in [-0.15, -0.1) is 0 Å². The molecule has 72 valence electrons. The Balaban J connectivity index is 2.27. The predicted molar refractivity (Wildman–Crippen MR) is 45.7 cm³/mol. The van der Waals surface area contributed by atoms with E-state index in [-0.39, 0.29) is 24.2 Å². The van der Waals surface area contributed by atoms with Gasteiger partial charge >= 0.3 is 0 Å². The SMILES string of the molecule is O=S1(=O)CCC(NCCF)CC1. The van der Waals surface area contributed by atoms with Gasteiger partial charge in [-0.05, 0) is 12.8 Å². The fraction of sp³-hybridized carbons (Fsp3) is 1.00. The topological polar surface area (TPSA) is 46.2 Å². The second-order valence-corrected chi connectivity index (χ2v) is 5.37. The molecule has 0 unspecified atom stereocenters. The normalized spacial score (nSPS) is 24.1. The van der Waals surface area contributed by atoms with Gasteiger partial charge in [-0.3, -0.25) is 0 Å². The van der Waals surface area contributed by atoms with Crippen molar-refractivity contribution in [2.75, 3.05) is 24.7 Å². The van der Waals surface area contributed by atoms with Crippen molar-refractivity contribution in [3.63, 3.8) is 0 Å². The largest absolute Gasteiger partial charge is 0.311 e. The molecule has 1 aliphatic rings. The zero-order valence-corrected chi connectivity index (χ0v) is 7.74. The number of sulfone groups is 1. The Morgan fingerprint density at radius 1 is 1.33 bits per heavy atom. The summed E-state index contributed by atoms with van der Waals surface area (Å²) in [7, 11) is -2.77. The highest BCUT2D eigenvalue weighted by molar-refractivity contribution is 7.91. The Morgan fingerprint density at radius 2 is 1.92 bits per heavy atom. The monoisotopic (exact) mass is 195 g/mol. The van der Waals surface area contributed by atoms with Crippen LogP contribution in [-0.2, 0) is 9.84 Å². The van der Waals surface area contributed by atoms with Crippen molar-refractivity contribution in [2.45, 2.75) is 18.9 Å². The molecule has 0 aromatic carbocycles. The molecular formula is C7H14FNO2S. The highest BCUT2D eigenvalue weighted by Crippen LogP contribution is 2.11. The summed E-state index contributed by atoms with van der Waals surface area (Å²) in [5, 5.41) is 2.97. The van der Waals surface area contributed by atoms with Gasteiger partial charge in [-0.25, -0.2) is 12.8 Å². The summed E-state index contributed by atoms with van der Waals surface area (Å²) in [4.78, 5) is 0. The number of rotatable bonds is 3. The molecule has 0 spiro atoms. The first-order valence-electron chi connectivity index (χ1n) is 4.14. The maximum absolute atomic E-state index is 11.7. The summed E-state index contributed by atoms with van der Waals surface area (Å²) in [5.74, 6) is 0.494. The van der Waals surface area contributed by atoms with Crippen molar-refractivity contribution in [3.8, 4) is 0 Å². The van der Waals surface area contributed by atoms with Crippen molar-refractivity contribution in [3.05, 3.63) is 0 Å². The molecule has 12 heavy (non-hydrogen) atoms. The van der Waals surface area contributed by atoms with E-state index in [4.69, 9.17) is 0 Å². The average Bonchev–Trinajstić information content (AvgIpc) is 2.03. The quantitative estimate of drug-likeness (QED) is 0.696. The van der Waals surface area contributed by atoms with E-state index in [0.29, 0.717) is 19.4 Å². The van der Waals surface area contributed by atoms with Crippen molar-refractivity contribution in [1.29, 1.82) is 0 Å². The van der Waals surface area contributed by atoms with Gasteiger partial charge in [0.05, 0.1) is 11.5 Å². The summed E-state index contributed by atoms with van der Waals surface area (Å²) in [6.07, 6.45) is 1.25. The van der Waals surface area contributed by atoms with Crippen molar-refractivity contribution < 1.29 is 12.8 Å². The van der Waals surface area contributed by atoms with Gasteiger partial charge in [-0.1, -0.05) is 0 Å². The van der Waals surface area contributed by atoms with Crippen LogP contribution < -0.4 is 5.32 Å². The van der Waals surface area contributed by atoms with Crippen molar-refractivity contribution >= 4 is 9.84 Å². The molecule has 0 aromatic rings. The third-order valence-electron chi connectivity index (χ3n) is 2.08. The first-order chi connectivity index (χ1) is 5.64. The standard InChI is InChI=1S/C7H14FNO2S/c8-3-4-9-7-1-5-12(10,11)6-2-7/h7,9H,1-6H2. The molecule has 1 fully saturated rings. The maximum atomic E-state index is 11.7. The summed E-state index contributed by atoms with van der Waals surface area (Å²) in [5.41, 5.74) is 0. The lowest BCUT2D eigenvalue weighted by molar-refractivity contribution is 0.410. The molecule has 0 saturated carbocycles. The number of halogens is 1. The Kier molecular flexibility index (Phi) is 3.46. The van der Waals surface area contributed by atoms with Crippen LogP contribution in [-0.4, -0.2) is 39.2 Å². The first kappa shape index (κ1) is 9.92. The summed E-state index contributed by atoms with van der Waals surface area (Å²) in [6, 6.07) is 0.198. The molecule has 0 radical (unpaired) electrons. The summed E-state index contributed by atoms with van der Waals surface area (Å²) in [6.45, 7) is -0.0477. The molecule has 1 saturated heterocycles. The number of hydrogen-bond donors (Lipinski definition) is 1. The van der Waals surface area contributed by atoms with Crippen LogP contribution in [0.2, 0.25) is 0 Å². The molecule has 0 aromatic heterocycles. The van der Waals surface area contributed by atoms with E-state index >= 15 is 0 Å². The number of alkyl halides is 1. The molecule has 0 bridgehead atoms. The van der Waals surface area contributed by atoms with Crippen LogP contribution in [0.25, 0.3) is 0 Å². The van der Waals surface area contributed by atoms with E-state index in [1.54, 1.807) is 0 Å². The van der Waals surface area contributed by atoms with Gasteiger partial charge in [0.2, 0.25) is 0 Å². The van der Waals surface area contributed by atoms with Gasteiger partial charge in [0.1, 0.15) is 16.5 Å². The Hall–Kier alpha value is -0.160. The minimum absolute atomic E-state index is 0.198. The van der Waals surface area contributed by atoms with Gasteiger partial charge in [0, 0.05) is 12.6 Å². The lowest BCUT2D eigenvalue weighted by Crippen LogP contribution is -2.38. The molecule has 1 aliphatic heterocycles. The molecular weight excluding hydrogens is 181 g/mol. The Morgan fingerprint density at radius 3 is 2.42 bits per heavy atom. The van der Waals surface area contributed by atoms with E-state index in [9.17, 15) is 12.8 Å². The van der Waals surface area contributed by atoms with Crippen LogP contribution in [0.1, 0.15) is 12.8 Å². The van der Waals surface area contributed by atoms with E-state index in [0.717, 1.165) is 0 Å². The third-order valence-corrected chi connectivity index (χ3v) is 3.80. The molecule has 1 rings (SSSR count). The molecule has 3 nitrogen and oxygen atoms in total. The highest BCUT2D eigenvalue weighted by atomic mass is 32.2. The van der Waals surface area contributed by atoms with Gasteiger partial charge in [-0.2, -0.15) is 0 Å². The second-order valence-electron chi connectivity index (χ2n) is 3.07. The predicted octanol–water partition coefficient (Wildman–Crippen LogP) is 0.123. The van der Waals surface area contributed by atoms with Crippen LogP contribution in [0.15, 0.2) is 0 Å². The van der Waals surface area contributed by atoms with E-state index < -0.39 is 9.84 Å². The zero-order chi connectivity index (χ0) is 9.03. The zero-order valence-electron chi connectivity index (χ0n) is 6.92. The molecule has 0 aliphatic carbocycles. The average molecular weight is 195 g/mol. The molecule has 0 amide bonds. The fourth-order valence-corrected chi connectivity index (χ4v) is 2.84. The Labute approximate surface area is 72.3 Å². The smallest absolute Gasteiger partial charge is 0.150 e. The molecule has 5 heteroatoms. The minimum Gasteiger partial charge on any atom is -0.311 e. The molecule has 0 atom stereocenters.